The summed E-state index contributed by atoms with van der Waals surface area (Å²) < 4.78 is 0. The van der Waals surface area contributed by atoms with E-state index in [9.17, 15) is 9.90 Å². The average molecular weight is 242 g/mol. The second-order valence-electron chi connectivity index (χ2n) is 3.92. The van der Waals surface area contributed by atoms with Gasteiger partial charge in [-0.15, -0.1) is 11.6 Å². The Morgan fingerprint density at radius 1 is 1.56 bits per heavy atom. The largest absolute Gasteiger partial charge is 0.508 e. The van der Waals surface area contributed by atoms with Gasteiger partial charge in [-0.25, -0.2) is 0 Å². The molecule has 88 valence electrons. The number of nitrogens with zero attached hydrogens (tertiary/aromatic N) is 1. The van der Waals surface area contributed by atoms with Crippen molar-refractivity contribution in [2.24, 2.45) is 5.92 Å². The smallest absolute Gasteiger partial charge is 0.226 e. The molecule has 0 bridgehead atoms. The van der Waals surface area contributed by atoms with Crippen LogP contribution >= 0.6 is 11.6 Å². The molecule has 0 spiro atoms. The number of rotatable bonds is 4. The van der Waals surface area contributed by atoms with Gasteiger partial charge in [-0.1, -0.05) is 19.1 Å². The maximum Gasteiger partial charge on any atom is 0.226 e. The van der Waals surface area contributed by atoms with Crippen molar-refractivity contribution in [1.29, 1.82) is 0 Å². The third-order valence-electron chi connectivity index (χ3n) is 2.36. The summed E-state index contributed by atoms with van der Waals surface area (Å²) in [6.45, 7) is 2.28. The molecule has 0 fully saturated rings. The number of halogens is 1. The SMILES string of the molecule is CC(CCl)C(=O)N(C)Cc1cccc(O)c1. The van der Waals surface area contributed by atoms with Crippen LogP contribution in [-0.4, -0.2) is 28.8 Å². The second-order valence-corrected chi connectivity index (χ2v) is 4.23. The Labute approximate surface area is 101 Å². The molecule has 1 aromatic carbocycles. The number of carbonyl (C=O) groups excluding carboxylic acids is 1. The zero-order valence-corrected chi connectivity index (χ0v) is 10.2. The lowest BCUT2D eigenvalue weighted by Gasteiger charge is -2.20. The molecule has 0 aliphatic rings. The predicted molar refractivity (Wildman–Crippen MR) is 64.5 cm³/mol. The Kier molecular flexibility index (Phi) is 4.62. The number of aromatic hydroxyl groups is 1. The second kappa shape index (κ2) is 5.75. The number of hydrogen-bond acceptors (Lipinski definition) is 2. The molecular weight excluding hydrogens is 226 g/mol. The molecular formula is C12H16ClNO2. The van der Waals surface area contributed by atoms with Gasteiger partial charge in [-0.3, -0.25) is 4.79 Å². The molecule has 0 aliphatic carbocycles. The van der Waals surface area contributed by atoms with Crippen LogP contribution in [0.4, 0.5) is 0 Å². The Morgan fingerprint density at radius 3 is 2.81 bits per heavy atom. The zero-order chi connectivity index (χ0) is 12.1. The highest BCUT2D eigenvalue weighted by atomic mass is 35.5. The number of amides is 1. The number of phenols is 1. The van der Waals surface area contributed by atoms with Gasteiger partial charge >= 0.3 is 0 Å². The van der Waals surface area contributed by atoms with Crippen LogP contribution in [0.25, 0.3) is 0 Å². The first kappa shape index (κ1) is 12.8. The fourth-order valence-electron chi connectivity index (χ4n) is 1.45. The normalized spacial score (nSPS) is 12.2. The van der Waals surface area contributed by atoms with Gasteiger partial charge in [0.2, 0.25) is 5.91 Å². The van der Waals surface area contributed by atoms with Gasteiger partial charge in [0.05, 0.1) is 0 Å². The van der Waals surface area contributed by atoms with Crippen LogP contribution in [0.2, 0.25) is 0 Å². The standard InChI is InChI=1S/C12H16ClNO2/c1-9(7-13)12(16)14(2)8-10-4-3-5-11(15)6-10/h3-6,9,15H,7-8H2,1-2H3. The molecule has 16 heavy (non-hydrogen) atoms. The van der Waals surface area contributed by atoms with Crippen LogP contribution in [0.5, 0.6) is 5.75 Å². The van der Waals surface area contributed by atoms with Crippen LogP contribution in [-0.2, 0) is 11.3 Å². The van der Waals surface area contributed by atoms with E-state index in [0.29, 0.717) is 12.4 Å². The molecule has 0 saturated heterocycles. The van der Waals surface area contributed by atoms with E-state index in [2.05, 4.69) is 0 Å². The number of benzene rings is 1. The molecule has 0 aliphatic heterocycles. The van der Waals surface area contributed by atoms with Crippen LogP contribution < -0.4 is 0 Å². The van der Waals surface area contributed by atoms with Gasteiger partial charge in [-0.05, 0) is 17.7 Å². The molecule has 0 aromatic heterocycles. The third-order valence-corrected chi connectivity index (χ3v) is 2.82. The molecule has 1 aromatic rings. The van der Waals surface area contributed by atoms with Crippen LogP contribution in [0, 0.1) is 5.92 Å². The molecule has 4 heteroatoms. The summed E-state index contributed by atoms with van der Waals surface area (Å²) in [4.78, 5) is 13.4. The quantitative estimate of drug-likeness (QED) is 0.822. The van der Waals surface area contributed by atoms with Gasteiger partial charge < -0.3 is 10.0 Å². The van der Waals surface area contributed by atoms with Crippen LogP contribution in [0.3, 0.4) is 0 Å². The minimum absolute atomic E-state index is 0.0124. The van der Waals surface area contributed by atoms with E-state index in [1.807, 2.05) is 6.07 Å². The van der Waals surface area contributed by atoms with Gasteiger partial charge in [0.1, 0.15) is 5.75 Å². The highest BCUT2D eigenvalue weighted by molar-refractivity contribution is 6.19. The Hall–Kier alpha value is -1.22. The molecule has 0 saturated carbocycles. The highest BCUT2D eigenvalue weighted by Gasteiger charge is 2.16. The molecule has 1 N–H and O–H groups in total. The number of hydrogen-bond donors (Lipinski definition) is 1. The highest BCUT2D eigenvalue weighted by Crippen LogP contribution is 2.13. The van der Waals surface area contributed by atoms with Crippen molar-refractivity contribution in [3.8, 4) is 5.75 Å². The molecule has 1 rings (SSSR count). The molecule has 0 heterocycles. The Morgan fingerprint density at radius 2 is 2.25 bits per heavy atom. The summed E-state index contributed by atoms with van der Waals surface area (Å²) in [7, 11) is 1.73. The van der Waals surface area contributed by atoms with Crippen molar-refractivity contribution < 1.29 is 9.90 Å². The lowest BCUT2D eigenvalue weighted by Crippen LogP contribution is -2.31. The van der Waals surface area contributed by atoms with Crippen LogP contribution in [0.15, 0.2) is 24.3 Å². The lowest BCUT2D eigenvalue weighted by molar-refractivity contribution is -0.133. The van der Waals surface area contributed by atoms with E-state index in [1.165, 1.54) is 0 Å². The molecule has 0 radical (unpaired) electrons. The number of alkyl halides is 1. The van der Waals surface area contributed by atoms with Crippen molar-refractivity contribution in [2.75, 3.05) is 12.9 Å². The first-order valence-electron chi connectivity index (χ1n) is 5.13. The fraction of sp³-hybridized carbons (Fsp3) is 0.417. The summed E-state index contributed by atoms with van der Waals surface area (Å²) >= 11 is 5.63. The minimum Gasteiger partial charge on any atom is -0.508 e. The minimum atomic E-state index is -0.177. The topological polar surface area (TPSA) is 40.5 Å². The summed E-state index contributed by atoms with van der Waals surface area (Å²) in [6.07, 6.45) is 0. The summed E-state index contributed by atoms with van der Waals surface area (Å²) in [6, 6.07) is 6.88. The first-order chi connectivity index (χ1) is 7.54. The van der Waals surface area contributed by atoms with Crippen molar-refractivity contribution in [3.63, 3.8) is 0 Å². The maximum absolute atomic E-state index is 11.7. The molecule has 1 amide bonds. The first-order valence-corrected chi connectivity index (χ1v) is 5.67. The van der Waals surface area contributed by atoms with Gasteiger partial charge in [0.15, 0.2) is 0 Å². The zero-order valence-electron chi connectivity index (χ0n) is 9.48. The van der Waals surface area contributed by atoms with E-state index in [4.69, 9.17) is 11.6 Å². The van der Waals surface area contributed by atoms with Gasteiger partial charge in [-0.2, -0.15) is 0 Å². The molecule has 3 nitrogen and oxygen atoms in total. The molecule has 1 atom stereocenters. The van der Waals surface area contributed by atoms with E-state index in [-0.39, 0.29) is 17.6 Å². The van der Waals surface area contributed by atoms with Crippen molar-refractivity contribution in [2.45, 2.75) is 13.5 Å². The average Bonchev–Trinajstić information content (AvgIpc) is 2.27. The number of carbonyl (C=O) groups is 1. The monoisotopic (exact) mass is 241 g/mol. The van der Waals surface area contributed by atoms with E-state index in [0.717, 1.165) is 5.56 Å². The Bertz CT molecular complexity index is 368. The van der Waals surface area contributed by atoms with Crippen molar-refractivity contribution >= 4 is 17.5 Å². The third kappa shape index (κ3) is 3.42. The van der Waals surface area contributed by atoms with Crippen molar-refractivity contribution in [1.82, 2.24) is 4.90 Å². The van der Waals surface area contributed by atoms with Gasteiger partial charge in [0.25, 0.3) is 0 Å². The van der Waals surface area contributed by atoms with E-state index >= 15 is 0 Å². The summed E-state index contributed by atoms with van der Waals surface area (Å²) in [5.41, 5.74) is 0.901. The van der Waals surface area contributed by atoms with E-state index < -0.39 is 0 Å². The number of phenolic OH excluding ortho intramolecular Hbond substituents is 1. The maximum atomic E-state index is 11.7. The van der Waals surface area contributed by atoms with Crippen molar-refractivity contribution in [3.05, 3.63) is 29.8 Å². The summed E-state index contributed by atoms with van der Waals surface area (Å²) in [5.74, 6) is 0.370. The predicted octanol–water partition coefficient (Wildman–Crippen LogP) is 2.23. The lowest BCUT2D eigenvalue weighted by atomic mass is 10.1. The van der Waals surface area contributed by atoms with E-state index in [1.54, 1.807) is 37.1 Å². The van der Waals surface area contributed by atoms with Gasteiger partial charge in [0, 0.05) is 25.4 Å². The summed E-state index contributed by atoms with van der Waals surface area (Å²) in [5, 5.41) is 9.30. The molecule has 1 unspecified atom stereocenters. The van der Waals surface area contributed by atoms with Crippen LogP contribution in [0.1, 0.15) is 12.5 Å². The fourth-order valence-corrected chi connectivity index (χ4v) is 1.58. The Balaban J connectivity index is 2.64.